The lowest BCUT2D eigenvalue weighted by Crippen LogP contribution is -2.09. The molecule has 0 aliphatic rings. The molecule has 0 heterocycles. The molecule has 0 aromatic heterocycles. The van der Waals surface area contributed by atoms with Crippen molar-refractivity contribution in [3.63, 3.8) is 0 Å². The average molecular weight is 290 g/mol. The van der Waals surface area contributed by atoms with Crippen LogP contribution in [0.1, 0.15) is 64.5 Å². The van der Waals surface area contributed by atoms with E-state index in [0.29, 0.717) is 12.4 Å². The van der Waals surface area contributed by atoms with Gasteiger partial charge in [0.15, 0.2) is 0 Å². The van der Waals surface area contributed by atoms with Crippen molar-refractivity contribution in [2.45, 2.75) is 53.4 Å². The van der Waals surface area contributed by atoms with Crippen LogP contribution in [-0.4, -0.2) is 12.6 Å². The highest BCUT2D eigenvalue weighted by molar-refractivity contribution is 5.71. The van der Waals surface area contributed by atoms with E-state index in [4.69, 9.17) is 9.47 Å². The Balaban J connectivity index is 3.33. The van der Waals surface area contributed by atoms with Gasteiger partial charge < -0.3 is 9.47 Å². The van der Waals surface area contributed by atoms with E-state index in [1.165, 1.54) is 6.92 Å². The molecule has 3 nitrogen and oxygen atoms in total. The molecule has 0 saturated heterocycles. The molecule has 0 radical (unpaired) electrons. The molecule has 1 aromatic rings. The standard InChI is InChI=1S/C18H26O3/c1-11(2)10-20-15-8-16(12(3)4)18(21-14(7)19)17(9-15)13(5)6/h8-9,12-13H,1,10H2,2-7H3. The van der Waals surface area contributed by atoms with Gasteiger partial charge in [-0.3, -0.25) is 4.79 Å². The predicted octanol–water partition coefficient (Wildman–Crippen LogP) is 4.81. The van der Waals surface area contributed by atoms with Crippen molar-refractivity contribution in [3.8, 4) is 11.5 Å². The zero-order valence-electron chi connectivity index (χ0n) is 13.9. The molecule has 21 heavy (non-hydrogen) atoms. The molecule has 0 atom stereocenters. The fraction of sp³-hybridized carbons (Fsp3) is 0.500. The van der Waals surface area contributed by atoms with Gasteiger partial charge in [-0.2, -0.15) is 0 Å². The van der Waals surface area contributed by atoms with Crippen LogP contribution in [0.3, 0.4) is 0 Å². The lowest BCUT2D eigenvalue weighted by atomic mass is 9.93. The predicted molar refractivity (Wildman–Crippen MR) is 86.2 cm³/mol. The summed E-state index contributed by atoms with van der Waals surface area (Å²) in [6.07, 6.45) is 0. The Morgan fingerprint density at radius 1 is 1.10 bits per heavy atom. The highest BCUT2D eigenvalue weighted by atomic mass is 16.5. The number of benzene rings is 1. The molecule has 0 fully saturated rings. The summed E-state index contributed by atoms with van der Waals surface area (Å²) in [6, 6.07) is 3.91. The minimum Gasteiger partial charge on any atom is -0.489 e. The monoisotopic (exact) mass is 290 g/mol. The maximum absolute atomic E-state index is 11.4. The van der Waals surface area contributed by atoms with Crippen LogP contribution < -0.4 is 9.47 Å². The summed E-state index contributed by atoms with van der Waals surface area (Å²) < 4.78 is 11.2. The molecule has 0 aliphatic heterocycles. The number of rotatable bonds is 6. The fourth-order valence-electron chi connectivity index (χ4n) is 2.06. The Labute approximate surface area is 128 Å². The molecule has 0 saturated carbocycles. The Morgan fingerprint density at radius 2 is 1.57 bits per heavy atom. The van der Waals surface area contributed by atoms with Gasteiger partial charge in [0.25, 0.3) is 0 Å². The lowest BCUT2D eigenvalue weighted by Gasteiger charge is -2.20. The molecule has 0 amide bonds. The SMILES string of the molecule is C=C(C)COc1cc(C(C)C)c(OC(C)=O)c(C(C)C)c1. The Morgan fingerprint density at radius 3 is 1.90 bits per heavy atom. The zero-order chi connectivity index (χ0) is 16.2. The van der Waals surface area contributed by atoms with Gasteiger partial charge in [0.1, 0.15) is 18.1 Å². The smallest absolute Gasteiger partial charge is 0.308 e. The molecule has 0 N–H and O–H groups in total. The molecule has 0 spiro atoms. The Hall–Kier alpha value is -1.77. The molecule has 0 aliphatic carbocycles. The number of ether oxygens (including phenoxy) is 2. The molecule has 3 heteroatoms. The van der Waals surface area contributed by atoms with Crippen LogP contribution in [0, 0.1) is 0 Å². The van der Waals surface area contributed by atoms with Crippen LogP contribution in [-0.2, 0) is 4.79 Å². The summed E-state index contributed by atoms with van der Waals surface area (Å²) in [5.74, 6) is 1.65. The van der Waals surface area contributed by atoms with Crippen molar-refractivity contribution >= 4 is 5.97 Å². The van der Waals surface area contributed by atoms with Crippen molar-refractivity contribution < 1.29 is 14.3 Å². The van der Waals surface area contributed by atoms with Crippen LogP contribution in [0.4, 0.5) is 0 Å². The van der Waals surface area contributed by atoms with Gasteiger partial charge in [0.2, 0.25) is 0 Å². The molecular weight excluding hydrogens is 264 g/mol. The first-order valence-corrected chi connectivity index (χ1v) is 7.35. The maximum Gasteiger partial charge on any atom is 0.308 e. The fourth-order valence-corrected chi connectivity index (χ4v) is 2.06. The summed E-state index contributed by atoms with van der Waals surface area (Å²) in [5.41, 5.74) is 2.96. The average Bonchev–Trinajstić information content (AvgIpc) is 2.35. The second-order valence-corrected chi connectivity index (χ2v) is 6.08. The van der Waals surface area contributed by atoms with Gasteiger partial charge in [0, 0.05) is 18.1 Å². The maximum atomic E-state index is 11.4. The van der Waals surface area contributed by atoms with E-state index in [1.807, 2.05) is 19.1 Å². The van der Waals surface area contributed by atoms with Crippen molar-refractivity contribution in [1.29, 1.82) is 0 Å². The normalized spacial score (nSPS) is 10.9. The highest BCUT2D eigenvalue weighted by Crippen LogP contribution is 2.38. The lowest BCUT2D eigenvalue weighted by molar-refractivity contribution is -0.132. The molecule has 0 unspecified atom stereocenters. The third-order valence-corrected chi connectivity index (χ3v) is 3.09. The molecule has 1 rings (SSSR count). The first-order chi connectivity index (χ1) is 9.72. The number of carbonyl (C=O) groups excluding carboxylic acids is 1. The van der Waals surface area contributed by atoms with Crippen molar-refractivity contribution in [1.82, 2.24) is 0 Å². The number of hydrogen-bond donors (Lipinski definition) is 0. The van der Waals surface area contributed by atoms with Crippen molar-refractivity contribution in [2.24, 2.45) is 0 Å². The van der Waals surface area contributed by atoms with Crippen LogP contribution >= 0.6 is 0 Å². The zero-order valence-corrected chi connectivity index (χ0v) is 13.9. The third-order valence-electron chi connectivity index (χ3n) is 3.09. The van der Waals surface area contributed by atoms with E-state index in [9.17, 15) is 4.79 Å². The minimum absolute atomic E-state index is 0.241. The second-order valence-electron chi connectivity index (χ2n) is 6.08. The van der Waals surface area contributed by atoms with Gasteiger partial charge >= 0.3 is 5.97 Å². The van der Waals surface area contributed by atoms with E-state index >= 15 is 0 Å². The summed E-state index contributed by atoms with van der Waals surface area (Å²) in [6.45, 7) is 16.0. The second kappa shape index (κ2) is 7.30. The van der Waals surface area contributed by atoms with E-state index in [1.54, 1.807) is 0 Å². The van der Waals surface area contributed by atoms with Crippen LogP contribution in [0.15, 0.2) is 24.3 Å². The minimum atomic E-state index is -0.297. The van der Waals surface area contributed by atoms with Crippen molar-refractivity contribution in [2.75, 3.05) is 6.61 Å². The number of esters is 1. The first-order valence-electron chi connectivity index (χ1n) is 7.35. The summed E-state index contributed by atoms with van der Waals surface area (Å²) >= 11 is 0. The van der Waals surface area contributed by atoms with Crippen LogP contribution in [0.25, 0.3) is 0 Å². The summed E-state index contributed by atoms with van der Waals surface area (Å²) in [7, 11) is 0. The molecule has 116 valence electrons. The van der Waals surface area contributed by atoms with Crippen LogP contribution in [0.2, 0.25) is 0 Å². The van der Waals surface area contributed by atoms with Crippen LogP contribution in [0.5, 0.6) is 11.5 Å². The number of hydrogen-bond acceptors (Lipinski definition) is 3. The van der Waals surface area contributed by atoms with Gasteiger partial charge in [-0.25, -0.2) is 0 Å². The Bertz CT molecular complexity index is 498. The quantitative estimate of drug-likeness (QED) is 0.428. The summed E-state index contributed by atoms with van der Waals surface area (Å²) in [4.78, 5) is 11.4. The number of carbonyl (C=O) groups is 1. The topological polar surface area (TPSA) is 35.5 Å². The van der Waals surface area contributed by atoms with E-state index in [0.717, 1.165) is 22.4 Å². The van der Waals surface area contributed by atoms with E-state index in [-0.39, 0.29) is 17.8 Å². The summed E-state index contributed by atoms with van der Waals surface area (Å²) in [5, 5.41) is 0. The van der Waals surface area contributed by atoms with Gasteiger partial charge in [-0.15, -0.1) is 0 Å². The highest BCUT2D eigenvalue weighted by Gasteiger charge is 2.19. The third kappa shape index (κ3) is 4.92. The van der Waals surface area contributed by atoms with Gasteiger partial charge in [0.05, 0.1) is 0 Å². The molecular formula is C18H26O3. The molecule has 0 bridgehead atoms. The van der Waals surface area contributed by atoms with Gasteiger partial charge in [-0.05, 0) is 36.5 Å². The van der Waals surface area contributed by atoms with E-state index < -0.39 is 0 Å². The largest absolute Gasteiger partial charge is 0.489 e. The Kier molecular flexibility index (Phi) is 6.01. The first kappa shape index (κ1) is 17.3. The van der Waals surface area contributed by atoms with Crippen molar-refractivity contribution in [3.05, 3.63) is 35.4 Å². The van der Waals surface area contributed by atoms with Gasteiger partial charge in [-0.1, -0.05) is 34.3 Å². The van der Waals surface area contributed by atoms with E-state index in [2.05, 4.69) is 34.3 Å². The molecule has 1 aromatic carbocycles.